The van der Waals surface area contributed by atoms with Crippen molar-refractivity contribution in [1.82, 2.24) is 5.32 Å². The van der Waals surface area contributed by atoms with Gasteiger partial charge in [-0.25, -0.2) is 4.39 Å². The minimum absolute atomic E-state index is 0.239. The molecule has 0 heterocycles. The molecule has 2 aromatic rings. The fraction of sp³-hybridized carbons (Fsp3) is 0.250. The topological polar surface area (TPSA) is 21.3 Å². The van der Waals surface area contributed by atoms with Crippen LogP contribution in [0.25, 0.3) is 0 Å². The first-order valence-corrected chi connectivity index (χ1v) is 7.42. The second kappa shape index (κ2) is 7.64. The van der Waals surface area contributed by atoms with Crippen molar-refractivity contribution in [3.63, 3.8) is 0 Å². The molecule has 21 heavy (non-hydrogen) atoms. The maximum atomic E-state index is 13.3. The van der Waals surface area contributed by atoms with Gasteiger partial charge in [-0.1, -0.05) is 36.2 Å². The molecule has 2 nitrogen and oxygen atoms in total. The Bertz CT molecular complexity index is 599. The third-order valence-corrected chi connectivity index (χ3v) is 3.73. The van der Waals surface area contributed by atoms with Crippen molar-refractivity contribution in [2.45, 2.75) is 20.1 Å². The van der Waals surface area contributed by atoms with Gasteiger partial charge in [0.2, 0.25) is 0 Å². The Hall–Kier alpha value is -1.29. The van der Waals surface area contributed by atoms with Gasteiger partial charge in [0.25, 0.3) is 0 Å². The smallest absolute Gasteiger partial charge is 0.124 e. The van der Waals surface area contributed by atoms with Crippen molar-refractivity contribution in [1.29, 1.82) is 0 Å². The van der Waals surface area contributed by atoms with E-state index >= 15 is 0 Å². The summed E-state index contributed by atoms with van der Waals surface area (Å²) in [4.78, 5) is 0. The standard InChI is InChI=1S/C16H16Cl2FNO/c1-2-20-9-11-8-12(19)6-7-16(11)21-10-13-14(17)4-3-5-15(13)18/h3-8,20H,2,9-10H2,1H3. The molecule has 0 spiro atoms. The van der Waals surface area contributed by atoms with Gasteiger partial charge in [0.15, 0.2) is 0 Å². The van der Waals surface area contributed by atoms with E-state index in [0.717, 1.165) is 17.7 Å². The predicted molar refractivity (Wildman–Crippen MR) is 84.6 cm³/mol. The van der Waals surface area contributed by atoms with E-state index in [1.807, 2.05) is 6.92 Å². The van der Waals surface area contributed by atoms with Crippen LogP contribution in [0.1, 0.15) is 18.1 Å². The van der Waals surface area contributed by atoms with Crippen LogP contribution in [0.5, 0.6) is 5.75 Å². The van der Waals surface area contributed by atoms with Crippen LogP contribution in [-0.2, 0) is 13.2 Å². The summed E-state index contributed by atoms with van der Waals surface area (Å²) in [5.41, 5.74) is 1.49. The molecule has 0 fully saturated rings. The lowest BCUT2D eigenvalue weighted by atomic mass is 10.2. The number of ether oxygens (including phenoxy) is 1. The number of nitrogens with one attached hydrogen (secondary N) is 1. The molecule has 1 N–H and O–H groups in total. The SMILES string of the molecule is CCNCc1cc(F)ccc1OCc1c(Cl)cccc1Cl. The lowest BCUT2D eigenvalue weighted by molar-refractivity contribution is 0.302. The van der Waals surface area contributed by atoms with Crippen molar-refractivity contribution >= 4 is 23.2 Å². The second-order valence-corrected chi connectivity index (χ2v) is 5.34. The Kier molecular flexibility index (Phi) is 5.85. The van der Waals surface area contributed by atoms with Crippen LogP contribution < -0.4 is 10.1 Å². The van der Waals surface area contributed by atoms with E-state index in [-0.39, 0.29) is 12.4 Å². The molecule has 0 aliphatic carbocycles. The summed E-state index contributed by atoms with van der Waals surface area (Å²) >= 11 is 12.2. The van der Waals surface area contributed by atoms with Gasteiger partial charge in [-0.2, -0.15) is 0 Å². The highest BCUT2D eigenvalue weighted by Gasteiger charge is 2.09. The average molecular weight is 328 g/mol. The van der Waals surface area contributed by atoms with E-state index in [4.69, 9.17) is 27.9 Å². The summed E-state index contributed by atoms with van der Waals surface area (Å²) in [6.07, 6.45) is 0. The van der Waals surface area contributed by atoms with E-state index < -0.39 is 0 Å². The van der Waals surface area contributed by atoms with E-state index in [1.165, 1.54) is 12.1 Å². The first kappa shape index (κ1) is 16.1. The largest absolute Gasteiger partial charge is 0.488 e. The van der Waals surface area contributed by atoms with E-state index in [9.17, 15) is 4.39 Å². The van der Waals surface area contributed by atoms with Gasteiger partial charge >= 0.3 is 0 Å². The first-order chi connectivity index (χ1) is 10.1. The third kappa shape index (κ3) is 4.34. The van der Waals surface area contributed by atoms with Gasteiger partial charge in [0, 0.05) is 27.7 Å². The van der Waals surface area contributed by atoms with Crippen molar-refractivity contribution < 1.29 is 9.13 Å². The Morgan fingerprint density at radius 2 is 1.86 bits per heavy atom. The van der Waals surface area contributed by atoms with Crippen molar-refractivity contribution in [2.24, 2.45) is 0 Å². The highest BCUT2D eigenvalue weighted by Crippen LogP contribution is 2.27. The molecule has 112 valence electrons. The van der Waals surface area contributed by atoms with Crippen molar-refractivity contribution in [3.05, 3.63) is 63.4 Å². The van der Waals surface area contributed by atoms with Crippen molar-refractivity contribution in [3.8, 4) is 5.75 Å². The monoisotopic (exact) mass is 327 g/mol. The Morgan fingerprint density at radius 3 is 2.52 bits per heavy atom. The quantitative estimate of drug-likeness (QED) is 0.821. The maximum absolute atomic E-state index is 13.3. The fourth-order valence-electron chi connectivity index (χ4n) is 1.91. The van der Waals surface area contributed by atoms with Gasteiger partial charge in [-0.15, -0.1) is 0 Å². The molecule has 2 aromatic carbocycles. The van der Waals surface area contributed by atoms with Crippen LogP contribution in [-0.4, -0.2) is 6.54 Å². The Morgan fingerprint density at radius 1 is 1.14 bits per heavy atom. The summed E-state index contributed by atoms with van der Waals surface area (Å²) in [5.74, 6) is 0.333. The molecule has 0 radical (unpaired) electrons. The van der Waals surface area contributed by atoms with Crippen LogP contribution in [0, 0.1) is 5.82 Å². The summed E-state index contributed by atoms with van der Waals surface area (Å²) in [6, 6.07) is 9.76. The predicted octanol–water partition coefficient (Wildman–Crippen LogP) is 4.82. The van der Waals surface area contributed by atoms with Gasteiger partial charge in [0.1, 0.15) is 18.2 Å². The normalized spacial score (nSPS) is 10.7. The lowest BCUT2D eigenvalue weighted by Gasteiger charge is -2.13. The van der Waals surface area contributed by atoms with E-state index in [1.54, 1.807) is 24.3 Å². The van der Waals surface area contributed by atoms with Crippen LogP contribution in [0.3, 0.4) is 0 Å². The number of benzene rings is 2. The summed E-state index contributed by atoms with van der Waals surface area (Å²) in [5, 5.41) is 4.26. The third-order valence-electron chi connectivity index (χ3n) is 3.02. The highest BCUT2D eigenvalue weighted by atomic mass is 35.5. The molecule has 0 bridgehead atoms. The van der Waals surface area contributed by atoms with Crippen LogP contribution in [0.15, 0.2) is 36.4 Å². The molecular weight excluding hydrogens is 312 g/mol. The van der Waals surface area contributed by atoms with Crippen LogP contribution >= 0.6 is 23.2 Å². The number of halogens is 3. The van der Waals surface area contributed by atoms with Gasteiger partial charge < -0.3 is 10.1 Å². The Balaban J connectivity index is 2.16. The molecule has 5 heteroatoms. The summed E-state index contributed by atoms with van der Waals surface area (Å²) < 4.78 is 19.1. The number of hydrogen-bond donors (Lipinski definition) is 1. The Labute approximate surface area is 133 Å². The molecule has 0 saturated heterocycles. The lowest BCUT2D eigenvalue weighted by Crippen LogP contribution is -2.13. The van der Waals surface area contributed by atoms with E-state index in [0.29, 0.717) is 22.3 Å². The molecule has 0 aromatic heterocycles. The zero-order valence-corrected chi connectivity index (χ0v) is 13.1. The maximum Gasteiger partial charge on any atom is 0.124 e. The summed E-state index contributed by atoms with van der Waals surface area (Å²) in [7, 11) is 0. The first-order valence-electron chi connectivity index (χ1n) is 6.66. The van der Waals surface area contributed by atoms with Crippen LogP contribution in [0.2, 0.25) is 10.0 Å². The second-order valence-electron chi connectivity index (χ2n) is 4.52. The molecule has 0 unspecified atom stereocenters. The van der Waals surface area contributed by atoms with E-state index in [2.05, 4.69) is 5.32 Å². The molecular formula is C16H16Cl2FNO. The molecule has 0 saturated carbocycles. The number of hydrogen-bond acceptors (Lipinski definition) is 2. The zero-order valence-electron chi connectivity index (χ0n) is 11.6. The molecule has 2 rings (SSSR count). The van der Waals surface area contributed by atoms with Gasteiger partial charge in [-0.05, 0) is 36.9 Å². The summed E-state index contributed by atoms with van der Waals surface area (Å²) in [6.45, 7) is 3.57. The average Bonchev–Trinajstić information content (AvgIpc) is 2.46. The zero-order chi connectivity index (χ0) is 15.2. The molecule has 0 amide bonds. The number of rotatable bonds is 6. The van der Waals surface area contributed by atoms with Gasteiger partial charge in [-0.3, -0.25) is 0 Å². The minimum Gasteiger partial charge on any atom is -0.488 e. The molecule has 0 aliphatic heterocycles. The molecule has 0 aliphatic rings. The molecule has 0 atom stereocenters. The highest BCUT2D eigenvalue weighted by molar-refractivity contribution is 6.35. The van der Waals surface area contributed by atoms with Crippen LogP contribution in [0.4, 0.5) is 4.39 Å². The van der Waals surface area contributed by atoms with Gasteiger partial charge in [0.05, 0.1) is 0 Å². The van der Waals surface area contributed by atoms with Crippen molar-refractivity contribution in [2.75, 3.05) is 6.54 Å². The minimum atomic E-state index is -0.286. The fourth-order valence-corrected chi connectivity index (χ4v) is 2.41.